The summed E-state index contributed by atoms with van der Waals surface area (Å²) in [6, 6.07) is 2.40. The van der Waals surface area contributed by atoms with E-state index in [0.717, 1.165) is 0 Å². The standard InChI is InChI=1S/C18H14F6N2O3/c1-3-28-16(27)13-8(2)29-15(26)12(7-25)14(13)9-4-10(17(19,20)21)6-11(5-9)18(22,23)24/h4-6,14H,3,26H2,1-2H3. The first-order chi connectivity index (χ1) is 13.3. The Morgan fingerprint density at radius 3 is 2.10 bits per heavy atom. The van der Waals surface area contributed by atoms with Crippen LogP contribution in [0.5, 0.6) is 0 Å². The third-order valence-electron chi connectivity index (χ3n) is 4.04. The van der Waals surface area contributed by atoms with Crippen molar-refractivity contribution in [3.05, 3.63) is 57.7 Å². The molecule has 1 unspecified atom stereocenters. The zero-order chi connectivity index (χ0) is 22.1. The highest BCUT2D eigenvalue weighted by atomic mass is 19.4. The van der Waals surface area contributed by atoms with E-state index >= 15 is 0 Å². The number of hydrogen-bond donors (Lipinski definition) is 1. The fourth-order valence-corrected chi connectivity index (χ4v) is 2.83. The van der Waals surface area contributed by atoms with Crippen LogP contribution in [0.25, 0.3) is 0 Å². The third-order valence-corrected chi connectivity index (χ3v) is 4.04. The molecule has 0 amide bonds. The second kappa shape index (κ2) is 7.69. The number of hydrogen-bond acceptors (Lipinski definition) is 5. The van der Waals surface area contributed by atoms with E-state index in [1.807, 2.05) is 0 Å². The smallest absolute Gasteiger partial charge is 0.416 e. The number of nitrogens with zero attached hydrogens (tertiary/aromatic N) is 1. The van der Waals surface area contributed by atoms with Crippen molar-refractivity contribution >= 4 is 5.97 Å². The van der Waals surface area contributed by atoms with Gasteiger partial charge in [-0.25, -0.2) is 4.79 Å². The number of benzene rings is 1. The van der Waals surface area contributed by atoms with Gasteiger partial charge in [-0.15, -0.1) is 0 Å². The SMILES string of the molecule is CCOC(=O)C1=C(C)OC(N)=C(C#N)C1c1cc(C(F)(F)F)cc(C(F)(F)F)c1. The Bertz CT molecular complexity index is 906. The van der Waals surface area contributed by atoms with Crippen LogP contribution in [0.4, 0.5) is 26.3 Å². The van der Waals surface area contributed by atoms with Crippen molar-refractivity contribution in [1.29, 1.82) is 5.26 Å². The Hall–Kier alpha value is -3.16. The maximum Gasteiger partial charge on any atom is 0.416 e. The molecule has 156 valence electrons. The van der Waals surface area contributed by atoms with Crippen molar-refractivity contribution in [3.8, 4) is 6.07 Å². The highest BCUT2D eigenvalue weighted by molar-refractivity contribution is 5.92. The molecule has 1 atom stereocenters. The molecule has 2 rings (SSSR count). The lowest BCUT2D eigenvalue weighted by Gasteiger charge is -2.27. The van der Waals surface area contributed by atoms with Gasteiger partial charge < -0.3 is 15.2 Å². The number of rotatable bonds is 3. The zero-order valence-electron chi connectivity index (χ0n) is 15.0. The maximum absolute atomic E-state index is 13.2. The van der Waals surface area contributed by atoms with E-state index < -0.39 is 58.0 Å². The quantitative estimate of drug-likeness (QED) is 0.580. The monoisotopic (exact) mass is 420 g/mol. The topological polar surface area (TPSA) is 85.3 Å². The molecule has 1 heterocycles. The summed E-state index contributed by atoms with van der Waals surface area (Å²) in [7, 11) is 0. The maximum atomic E-state index is 13.2. The zero-order valence-corrected chi connectivity index (χ0v) is 15.0. The van der Waals surface area contributed by atoms with Gasteiger partial charge in [0.2, 0.25) is 5.88 Å². The molecule has 0 aliphatic carbocycles. The molecular weight excluding hydrogens is 406 g/mol. The fraction of sp³-hybridized carbons (Fsp3) is 0.333. The summed E-state index contributed by atoms with van der Waals surface area (Å²) in [6.07, 6.45) is -10.2. The van der Waals surface area contributed by atoms with E-state index in [2.05, 4.69) is 0 Å². The van der Waals surface area contributed by atoms with Gasteiger partial charge in [0.1, 0.15) is 17.4 Å². The summed E-state index contributed by atoms with van der Waals surface area (Å²) in [6.45, 7) is 2.56. The molecule has 0 saturated carbocycles. The molecule has 0 radical (unpaired) electrons. The molecule has 11 heteroatoms. The summed E-state index contributed by atoms with van der Waals surface area (Å²) in [5.74, 6) is -3.41. The van der Waals surface area contributed by atoms with E-state index in [1.165, 1.54) is 13.8 Å². The van der Waals surface area contributed by atoms with E-state index in [4.69, 9.17) is 15.2 Å². The summed E-state index contributed by atoms with van der Waals surface area (Å²) in [5, 5.41) is 9.38. The van der Waals surface area contributed by atoms with Gasteiger partial charge >= 0.3 is 18.3 Å². The van der Waals surface area contributed by atoms with E-state index in [-0.39, 0.29) is 18.4 Å². The van der Waals surface area contributed by atoms with Crippen LogP contribution in [0.15, 0.2) is 41.0 Å². The Labute approximate surface area is 161 Å². The lowest BCUT2D eigenvalue weighted by atomic mass is 9.81. The first-order valence-corrected chi connectivity index (χ1v) is 8.06. The number of ether oxygens (including phenoxy) is 2. The second-order valence-corrected chi connectivity index (χ2v) is 5.95. The molecule has 1 aromatic rings. The van der Waals surface area contributed by atoms with E-state index in [1.54, 1.807) is 6.07 Å². The van der Waals surface area contributed by atoms with Gasteiger partial charge in [0.05, 0.1) is 29.2 Å². The summed E-state index contributed by atoms with van der Waals surface area (Å²) in [5.41, 5.74) is 0.892. The lowest BCUT2D eigenvalue weighted by molar-refractivity contribution is -0.143. The van der Waals surface area contributed by atoms with E-state index in [9.17, 15) is 36.4 Å². The Morgan fingerprint density at radius 1 is 1.17 bits per heavy atom. The van der Waals surface area contributed by atoms with Gasteiger partial charge in [0.15, 0.2) is 0 Å². The average molecular weight is 420 g/mol. The van der Waals surface area contributed by atoms with Crippen LogP contribution in [0, 0.1) is 11.3 Å². The number of halogens is 6. The molecule has 0 aromatic heterocycles. The first-order valence-electron chi connectivity index (χ1n) is 8.06. The van der Waals surface area contributed by atoms with Crippen molar-refractivity contribution in [2.75, 3.05) is 6.61 Å². The van der Waals surface area contributed by atoms with Crippen molar-refractivity contribution < 1.29 is 40.6 Å². The minimum atomic E-state index is -5.11. The molecule has 1 aliphatic rings. The minimum absolute atomic E-state index is 0.0530. The predicted molar refractivity (Wildman–Crippen MR) is 86.4 cm³/mol. The molecule has 0 saturated heterocycles. The summed E-state index contributed by atoms with van der Waals surface area (Å²) < 4.78 is 89.2. The van der Waals surface area contributed by atoms with Crippen LogP contribution in [-0.4, -0.2) is 12.6 Å². The summed E-state index contributed by atoms with van der Waals surface area (Å²) >= 11 is 0. The van der Waals surface area contributed by atoms with Crippen molar-refractivity contribution in [1.82, 2.24) is 0 Å². The van der Waals surface area contributed by atoms with Crippen LogP contribution < -0.4 is 5.73 Å². The molecule has 0 fully saturated rings. The van der Waals surface area contributed by atoms with Crippen LogP contribution in [0.2, 0.25) is 0 Å². The van der Waals surface area contributed by atoms with Crippen molar-refractivity contribution in [2.24, 2.45) is 5.73 Å². The Kier molecular flexibility index (Phi) is 5.87. The van der Waals surface area contributed by atoms with Gasteiger partial charge in [0.25, 0.3) is 0 Å². The van der Waals surface area contributed by atoms with Crippen molar-refractivity contribution in [2.45, 2.75) is 32.1 Å². The molecule has 2 N–H and O–H groups in total. The Balaban J connectivity index is 2.83. The van der Waals surface area contributed by atoms with Gasteiger partial charge in [0, 0.05) is 0 Å². The molecule has 5 nitrogen and oxygen atoms in total. The molecule has 0 spiro atoms. The third kappa shape index (κ3) is 4.47. The van der Waals surface area contributed by atoms with Crippen LogP contribution in [0.1, 0.15) is 36.5 Å². The average Bonchev–Trinajstić information content (AvgIpc) is 2.59. The van der Waals surface area contributed by atoms with Gasteiger partial charge in [-0.3, -0.25) is 0 Å². The predicted octanol–water partition coefficient (Wildman–Crippen LogP) is 4.37. The largest absolute Gasteiger partial charge is 0.463 e. The lowest BCUT2D eigenvalue weighted by Crippen LogP contribution is -2.26. The molecular formula is C18H14F6N2O3. The highest BCUT2D eigenvalue weighted by Crippen LogP contribution is 2.43. The van der Waals surface area contributed by atoms with Crippen LogP contribution in [-0.2, 0) is 26.6 Å². The van der Waals surface area contributed by atoms with Crippen LogP contribution >= 0.6 is 0 Å². The molecule has 0 bridgehead atoms. The van der Waals surface area contributed by atoms with Gasteiger partial charge in [-0.1, -0.05) is 0 Å². The fourth-order valence-electron chi connectivity index (χ4n) is 2.83. The van der Waals surface area contributed by atoms with Crippen LogP contribution in [0.3, 0.4) is 0 Å². The Morgan fingerprint density at radius 2 is 1.69 bits per heavy atom. The number of nitriles is 1. The summed E-state index contributed by atoms with van der Waals surface area (Å²) in [4.78, 5) is 12.3. The number of nitrogens with two attached hydrogens (primary N) is 1. The molecule has 1 aliphatic heterocycles. The molecule has 29 heavy (non-hydrogen) atoms. The van der Waals surface area contributed by atoms with Gasteiger partial charge in [-0.2, -0.15) is 31.6 Å². The second-order valence-electron chi connectivity index (χ2n) is 5.95. The molecule has 1 aromatic carbocycles. The number of alkyl halides is 6. The number of carbonyl (C=O) groups excluding carboxylic acids is 1. The number of carbonyl (C=O) groups is 1. The minimum Gasteiger partial charge on any atom is -0.463 e. The highest BCUT2D eigenvalue weighted by Gasteiger charge is 2.41. The van der Waals surface area contributed by atoms with Crippen molar-refractivity contribution in [3.63, 3.8) is 0 Å². The number of allylic oxidation sites excluding steroid dienone is 2. The number of esters is 1. The normalized spacial score (nSPS) is 17.7. The van der Waals surface area contributed by atoms with E-state index in [0.29, 0.717) is 12.1 Å². The first kappa shape index (κ1) is 22.1. The van der Waals surface area contributed by atoms with Gasteiger partial charge in [-0.05, 0) is 37.6 Å².